The van der Waals surface area contributed by atoms with Gasteiger partial charge in [0.1, 0.15) is 0 Å². The molecule has 0 spiro atoms. The van der Waals surface area contributed by atoms with Gasteiger partial charge < -0.3 is 10.1 Å². The van der Waals surface area contributed by atoms with E-state index in [1.165, 1.54) is 32.1 Å². The summed E-state index contributed by atoms with van der Waals surface area (Å²) in [7, 11) is 2.04. The minimum absolute atomic E-state index is 0.575. The van der Waals surface area contributed by atoms with Crippen LogP contribution in [-0.4, -0.2) is 26.3 Å². The van der Waals surface area contributed by atoms with Crippen LogP contribution >= 0.6 is 0 Å². The van der Waals surface area contributed by atoms with E-state index in [4.69, 9.17) is 4.74 Å². The molecule has 0 aromatic heterocycles. The maximum absolute atomic E-state index is 5.61. The molecule has 1 N–H and O–H groups in total. The third-order valence-corrected chi connectivity index (χ3v) is 2.99. The second-order valence-electron chi connectivity index (χ2n) is 4.04. The first-order valence-corrected chi connectivity index (χ1v) is 5.63. The lowest BCUT2D eigenvalue weighted by molar-refractivity contribution is 0.0978. The molecule has 0 aliphatic carbocycles. The van der Waals surface area contributed by atoms with Gasteiger partial charge in [0.05, 0.1) is 6.10 Å². The summed E-state index contributed by atoms with van der Waals surface area (Å²) in [6.45, 7) is 4.42. The summed E-state index contributed by atoms with van der Waals surface area (Å²) >= 11 is 0. The van der Waals surface area contributed by atoms with Crippen LogP contribution < -0.4 is 5.32 Å². The van der Waals surface area contributed by atoms with Crippen molar-refractivity contribution < 1.29 is 4.74 Å². The highest BCUT2D eigenvalue weighted by atomic mass is 16.5. The zero-order valence-corrected chi connectivity index (χ0v) is 9.01. The summed E-state index contributed by atoms with van der Waals surface area (Å²) in [6, 6.07) is 0. The minimum atomic E-state index is 0.575. The number of hydrogen-bond acceptors (Lipinski definition) is 2. The van der Waals surface area contributed by atoms with Crippen molar-refractivity contribution in [2.75, 3.05) is 20.2 Å². The van der Waals surface area contributed by atoms with Crippen molar-refractivity contribution >= 4 is 0 Å². The van der Waals surface area contributed by atoms with E-state index in [-0.39, 0.29) is 0 Å². The Labute approximate surface area is 82.0 Å². The van der Waals surface area contributed by atoms with Crippen molar-refractivity contribution in [1.29, 1.82) is 0 Å². The van der Waals surface area contributed by atoms with Crippen molar-refractivity contribution in [2.24, 2.45) is 5.92 Å². The van der Waals surface area contributed by atoms with Crippen LogP contribution in [0.15, 0.2) is 0 Å². The van der Waals surface area contributed by atoms with Gasteiger partial charge in [0.2, 0.25) is 0 Å². The zero-order valence-electron chi connectivity index (χ0n) is 9.01. The van der Waals surface area contributed by atoms with Crippen molar-refractivity contribution in [3.8, 4) is 0 Å². The van der Waals surface area contributed by atoms with Crippen molar-refractivity contribution in [2.45, 2.75) is 45.1 Å². The average molecular weight is 185 g/mol. The molecule has 78 valence electrons. The molecular weight excluding hydrogens is 162 g/mol. The van der Waals surface area contributed by atoms with Crippen LogP contribution in [0.4, 0.5) is 0 Å². The van der Waals surface area contributed by atoms with Gasteiger partial charge in [0.15, 0.2) is 0 Å². The summed E-state index contributed by atoms with van der Waals surface area (Å²) in [6.07, 6.45) is 7.00. The van der Waals surface area contributed by atoms with Gasteiger partial charge >= 0.3 is 0 Å². The van der Waals surface area contributed by atoms with Gasteiger partial charge in [0, 0.05) is 6.61 Å². The Hall–Kier alpha value is -0.0800. The fraction of sp³-hybridized carbons (Fsp3) is 1.00. The van der Waals surface area contributed by atoms with Crippen molar-refractivity contribution in [1.82, 2.24) is 5.32 Å². The largest absolute Gasteiger partial charge is 0.378 e. The summed E-state index contributed by atoms with van der Waals surface area (Å²) in [5, 5.41) is 3.25. The Kier molecular flexibility index (Phi) is 5.40. The Balaban J connectivity index is 2.07. The van der Waals surface area contributed by atoms with Gasteiger partial charge in [0.25, 0.3) is 0 Å². The second-order valence-corrected chi connectivity index (χ2v) is 4.04. The molecule has 0 bridgehead atoms. The maximum atomic E-state index is 5.61. The van der Waals surface area contributed by atoms with Gasteiger partial charge in [-0.3, -0.25) is 0 Å². The van der Waals surface area contributed by atoms with Gasteiger partial charge in [-0.05, 0) is 45.2 Å². The molecule has 0 saturated carbocycles. The SMILES string of the molecule is CCC(CCC1CCCO1)CNC. The number of ether oxygens (including phenoxy) is 1. The molecular formula is C11H23NO. The molecule has 0 radical (unpaired) electrons. The summed E-state index contributed by atoms with van der Waals surface area (Å²) < 4.78 is 5.61. The molecule has 1 aliphatic rings. The van der Waals surface area contributed by atoms with Crippen LogP contribution in [0.1, 0.15) is 39.0 Å². The molecule has 0 aromatic rings. The average Bonchev–Trinajstić information content (AvgIpc) is 2.64. The molecule has 2 unspecified atom stereocenters. The molecule has 1 fully saturated rings. The summed E-state index contributed by atoms with van der Waals surface area (Å²) in [5.74, 6) is 0.842. The van der Waals surface area contributed by atoms with E-state index >= 15 is 0 Å². The molecule has 13 heavy (non-hydrogen) atoms. The molecule has 0 amide bonds. The van der Waals surface area contributed by atoms with Crippen LogP contribution in [0.3, 0.4) is 0 Å². The molecule has 1 saturated heterocycles. The van der Waals surface area contributed by atoms with Crippen LogP contribution in [0.25, 0.3) is 0 Å². The molecule has 0 aromatic carbocycles. The van der Waals surface area contributed by atoms with Crippen molar-refractivity contribution in [3.05, 3.63) is 0 Å². The van der Waals surface area contributed by atoms with E-state index in [1.54, 1.807) is 0 Å². The first-order chi connectivity index (χ1) is 6.36. The first kappa shape index (κ1) is 11.0. The molecule has 2 atom stereocenters. The predicted molar refractivity (Wildman–Crippen MR) is 55.9 cm³/mol. The zero-order chi connectivity index (χ0) is 9.52. The quantitative estimate of drug-likeness (QED) is 0.685. The highest BCUT2D eigenvalue weighted by Crippen LogP contribution is 2.20. The summed E-state index contributed by atoms with van der Waals surface area (Å²) in [5.41, 5.74) is 0. The number of nitrogens with one attached hydrogen (secondary N) is 1. The maximum Gasteiger partial charge on any atom is 0.0576 e. The molecule has 1 rings (SSSR count). The smallest absolute Gasteiger partial charge is 0.0576 e. The van der Waals surface area contributed by atoms with E-state index in [1.807, 2.05) is 7.05 Å². The third-order valence-electron chi connectivity index (χ3n) is 2.99. The van der Waals surface area contributed by atoms with E-state index in [2.05, 4.69) is 12.2 Å². The van der Waals surface area contributed by atoms with E-state index in [9.17, 15) is 0 Å². The van der Waals surface area contributed by atoms with Gasteiger partial charge in [-0.1, -0.05) is 13.3 Å². The van der Waals surface area contributed by atoms with Gasteiger partial charge in [-0.15, -0.1) is 0 Å². The first-order valence-electron chi connectivity index (χ1n) is 5.63. The van der Waals surface area contributed by atoms with Crippen LogP contribution in [0.2, 0.25) is 0 Å². The molecule has 1 aliphatic heterocycles. The molecule has 2 heteroatoms. The van der Waals surface area contributed by atoms with Gasteiger partial charge in [-0.2, -0.15) is 0 Å². The van der Waals surface area contributed by atoms with Gasteiger partial charge in [-0.25, -0.2) is 0 Å². The third kappa shape index (κ3) is 4.10. The second kappa shape index (κ2) is 6.39. The van der Waals surface area contributed by atoms with Crippen LogP contribution in [-0.2, 0) is 4.74 Å². The molecule has 1 heterocycles. The lowest BCUT2D eigenvalue weighted by Gasteiger charge is -2.16. The summed E-state index contributed by atoms with van der Waals surface area (Å²) in [4.78, 5) is 0. The van der Waals surface area contributed by atoms with E-state index in [0.717, 1.165) is 19.1 Å². The number of hydrogen-bond donors (Lipinski definition) is 1. The Morgan fingerprint density at radius 3 is 2.92 bits per heavy atom. The fourth-order valence-corrected chi connectivity index (χ4v) is 2.03. The Bertz CT molecular complexity index is 121. The number of rotatable bonds is 6. The lowest BCUT2D eigenvalue weighted by Crippen LogP contribution is -2.19. The standard InChI is InChI=1S/C11H23NO/c1-3-10(9-12-2)6-7-11-5-4-8-13-11/h10-12H,3-9H2,1-2H3. The highest BCUT2D eigenvalue weighted by molar-refractivity contribution is 4.68. The molecule has 2 nitrogen and oxygen atoms in total. The highest BCUT2D eigenvalue weighted by Gasteiger charge is 2.16. The Morgan fingerprint density at radius 2 is 2.38 bits per heavy atom. The van der Waals surface area contributed by atoms with Crippen LogP contribution in [0, 0.1) is 5.92 Å². The topological polar surface area (TPSA) is 21.3 Å². The minimum Gasteiger partial charge on any atom is -0.378 e. The van der Waals surface area contributed by atoms with E-state index in [0.29, 0.717) is 6.10 Å². The lowest BCUT2D eigenvalue weighted by atomic mass is 9.97. The normalized spacial score (nSPS) is 24.9. The predicted octanol–water partition coefficient (Wildman–Crippen LogP) is 2.19. The van der Waals surface area contributed by atoms with Crippen molar-refractivity contribution in [3.63, 3.8) is 0 Å². The van der Waals surface area contributed by atoms with E-state index < -0.39 is 0 Å². The fourth-order valence-electron chi connectivity index (χ4n) is 2.03. The van der Waals surface area contributed by atoms with Crippen LogP contribution in [0.5, 0.6) is 0 Å². The Morgan fingerprint density at radius 1 is 1.54 bits per heavy atom. The monoisotopic (exact) mass is 185 g/mol.